The highest BCUT2D eigenvalue weighted by Crippen LogP contribution is 2.38. The van der Waals surface area contributed by atoms with Crippen molar-refractivity contribution in [2.75, 3.05) is 13.1 Å². The van der Waals surface area contributed by atoms with E-state index in [1.54, 1.807) is 12.1 Å². The molecule has 3 aliphatic rings. The van der Waals surface area contributed by atoms with Gasteiger partial charge in [0.1, 0.15) is 0 Å². The van der Waals surface area contributed by atoms with Gasteiger partial charge >= 0.3 is 0 Å². The van der Waals surface area contributed by atoms with Crippen molar-refractivity contribution in [3.8, 4) is 0 Å². The molecular formula is C21H27N3O2. The number of fused-ring (bicyclic) bond motifs is 1. The van der Waals surface area contributed by atoms with E-state index in [1.807, 2.05) is 11.0 Å². The number of benzene rings is 1. The zero-order valence-corrected chi connectivity index (χ0v) is 15.2. The summed E-state index contributed by atoms with van der Waals surface area (Å²) in [4.78, 5) is 29.2. The predicted octanol–water partition coefficient (Wildman–Crippen LogP) is 3.01. The molecule has 1 aliphatic carbocycles. The Hall–Kier alpha value is -2.14. The highest BCUT2D eigenvalue weighted by atomic mass is 16.2. The van der Waals surface area contributed by atoms with Crippen LogP contribution < -0.4 is 5.73 Å². The number of amides is 2. The summed E-state index contributed by atoms with van der Waals surface area (Å²) in [5.41, 5.74) is 7.67. The fourth-order valence-corrected chi connectivity index (χ4v) is 4.94. The summed E-state index contributed by atoms with van der Waals surface area (Å²) in [6, 6.07) is 6.14. The number of carbonyl (C=O) groups is 2. The average molecular weight is 353 g/mol. The van der Waals surface area contributed by atoms with E-state index < -0.39 is 5.91 Å². The lowest BCUT2D eigenvalue weighted by atomic mass is 9.92. The van der Waals surface area contributed by atoms with Crippen LogP contribution in [0.5, 0.6) is 0 Å². The van der Waals surface area contributed by atoms with E-state index in [4.69, 9.17) is 5.73 Å². The van der Waals surface area contributed by atoms with Gasteiger partial charge in [-0.05, 0) is 31.7 Å². The number of primary amides is 1. The van der Waals surface area contributed by atoms with Gasteiger partial charge in [-0.2, -0.15) is 0 Å². The van der Waals surface area contributed by atoms with E-state index >= 15 is 0 Å². The molecule has 0 bridgehead atoms. The molecule has 1 aromatic rings. The summed E-state index contributed by atoms with van der Waals surface area (Å²) in [5.74, 6) is -0.674. The Labute approximate surface area is 154 Å². The molecule has 5 nitrogen and oxygen atoms in total. The molecule has 2 heterocycles. The lowest BCUT2D eigenvalue weighted by Crippen LogP contribution is -2.48. The number of hydrogen-bond donors (Lipinski definition) is 1. The topological polar surface area (TPSA) is 66.6 Å². The molecular weight excluding hydrogens is 326 g/mol. The number of piperidine rings is 1. The second kappa shape index (κ2) is 6.88. The third-order valence-electron chi connectivity index (χ3n) is 6.32. The zero-order valence-electron chi connectivity index (χ0n) is 15.2. The Kier molecular flexibility index (Phi) is 4.57. The maximum atomic E-state index is 13.1. The molecule has 5 heteroatoms. The minimum absolute atomic E-state index is 0.115. The van der Waals surface area contributed by atoms with Gasteiger partial charge < -0.3 is 15.5 Å². The molecule has 2 amide bonds. The van der Waals surface area contributed by atoms with Gasteiger partial charge in [0.2, 0.25) is 5.91 Å². The van der Waals surface area contributed by atoms with Gasteiger partial charge in [0, 0.05) is 36.4 Å². The minimum atomic E-state index is -0.558. The van der Waals surface area contributed by atoms with E-state index in [2.05, 4.69) is 11.5 Å². The summed E-state index contributed by atoms with van der Waals surface area (Å²) in [7, 11) is 0. The van der Waals surface area contributed by atoms with Gasteiger partial charge in [-0.25, -0.2) is 0 Å². The SMILES string of the molecule is C=C1c2cccc(C(N)=O)c2C(=O)N1C1CCN(C2CCCCC2)CC1. The van der Waals surface area contributed by atoms with E-state index in [1.165, 1.54) is 32.1 Å². The number of hydrogen-bond acceptors (Lipinski definition) is 3. The Morgan fingerprint density at radius 2 is 1.73 bits per heavy atom. The normalized spacial score (nSPS) is 22.7. The molecule has 0 spiro atoms. The van der Waals surface area contributed by atoms with Gasteiger partial charge in [0.05, 0.1) is 11.1 Å². The maximum Gasteiger partial charge on any atom is 0.260 e. The molecule has 2 aliphatic heterocycles. The molecule has 2 N–H and O–H groups in total. The molecule has 4 rings (SSSR count). The monoisotopic (exact) mass is 353 g/mol. The quantitative estimate of drug-likeness (QED) is 0.908. The Bertz CT molecular complexity index is 744. The average Bonchev–Trinajstić information content (AvgIpc) is 2.93. The lowest BCUT2D eigenvalue weighted by Gasteiger charge is -2.41. The Morgan fingerprint density at radius 3 is 2.38 bits per heavy atom. The van der Waals surface area contributed by atoms with Gasteiger partial charge in [-0.1, -0.05) is 38.0 Å². The van der Waals surface area contributed by atoms with Gasteiger partial charge in [-0.3, -0.25) is 9.59 Å². The van der Waals surface area contributed by atoms with Crippen LogP contribution in [0.4, 0.5) is 0 Å². The Balaban J connectivity index is 1.49. The number of nitrogens with two attached hydrogens (primary N) is 1. The lowest BCUT2D eigenvalue weighted by molar-refractivity contribution is 0.0653. The standard InChI is InChI=1S/C21H27N3O2/c1-14-17-8-5-9-18(20(22)25)19(17)21(26)24(14)16-10-12-23(13-11-16)15-6-3-2-4-7-15/h5,8-9,15-16H,1-4,6-7,10-13H2,(H2,22,25). The highest BCUT2D eigenvalue weighted by molar-refractivity contribution is 6.15. The first kappa shape index (κ1) is 17.3. The molecule has 0 unspecified atom stereocenters. The van der Waals surface area contributed by atoms with E-state index in [-0.39, 0.29) is 11.9 Å². The predicted molar refractivity (Wildman–Crippen MR) is 102 cm³/mol. The number of carbonyl (C=O) groups excluding carboxylic acids is 2. The fraction of sp³-hybridized carbons (Fsp3) is 0.524. The van der Waals surface area contributed by atoms with Crippen molar-refractivity contribution >= 4 is 17.5 Å². The third kappa shape index (κ3) is 2.84. The highest BCUT2D eigenvalue weighted by Gasteiger charge is 2.40. The van der Waals surface area contributed by atoms with Crippen LogP contribution in [-0.4, -0.2) is 46.8 Å². The second-order valence-electron chi connectivity index (χ2n) is 7.77. The van der Waals surface area contributed by atoms with Crippen LogP contribution in [-0.2, 0) is 0 Å². The van der Waals surface area contributed by atoms with Crippen LogP contribution in [0, 0.1) is 0 Å². The number of nitrogens with zero attached hydrogens (tertiary/aromatic N) is 2. The smallest absolute Gasteiger partial charge is 0.260 e. The van der Waals surface area contributed by atoms with Crippen LogP contribution in [0.3, 0.4) is 0 Å². The first-order valence-electron chi connectivity index (χ1n) is 9.77. The third-order valence-corrected chi connectivity index (χ3v) is 6.32. The second-order valence-corrected chi connectivity index (χ2v) is 7.77. The largest absolute Gasteiger partial charge is 0.366 e. The molecule has 2 fully saturated rings. The van der Waals surface area contributed by atoms with E-state index in [0.29, 0.717) is 16.8 Å². The van der Waals surface area contributed by atoms with Crippen molar-refractivity contribution in [3.05, 3.63) is 41.5 Å². The van der Waals surface area contributed by atoms with Crippen molar-refractivity contribution < 1.29 is 9.59 Å². The molecule has 0 aromatic heterocycles. The van der Waals surface area contributed by atoms with Crippen LogP contribution in [0.1, 0.15) is 71.2 Å². The van der Waals surface area contributed by atoms with Gasteiger partial charge in [0.25, 0.3) is 5.91 Å². The van der Waals surface area contributed by atoms with Crippen molar-refractivity contribution in [1.29, 1.82) is 0 Å². The molecule has 1 saturated carbocycles. The van der Waals surface area contributed by atoms with Crippen molar-refractivity contribution in [1.82, 2.24) is 9.80 Å². The molecule has 0 radical (unpaired) electrons. The molecule has 138 valence electrons. The minimum Gasteiger partial charge on any atom is -0.366 e. The first-order chi connectivity index (χ1) is 12.6. The zero-order chi connectivity index (χ0) is 18.3. The van der Waals surface area contributed by atoms with Crippen LogP contribution in [0.15, 0.2) is 24.8 Å². The van der Waals surface area contributed by atoms with Gasteiger partial charge in [-0.15, -0.1) is 0 Å². The van der Waals surface area contributed by atoms with Crippen LogP contribution in [0.25, 0.3) is 5.70 Å². The molecule has 26 heavy (non-hydrogen) atoms. The molecule has 1 aromatic carbocycles. The van der Waals surface area contributed by atoms with Crippen molar-refractivity contribution in [3.63, 3.8) is 0 Å². The van der Waals surface area contributed by atoms with E-state index in [9.17, 15) is 9.59 Å². The maximum absolute atomic E-state index is 13.1. The van der Waals surface area contributed by atoms with Gasteiger partial charge in [0.15, 0.2) is 0 Å². The number of rotatable bonds is 3. The summed E-state index contributed by atoms with van der Waals surface area (Å²) in [5, 5.41) is 0. The summed E-state index contributed by atoms with van der Waals surface area (Å²) >= 11 is 0. The van der Waals surface area contributed by atoms with Crippen molar-refractivity contribution in [2.45, 2.75) is 57.0 Å². The summed E-state index contributed by atoms with van der Waals surface area (Å²) in [6.07, 6.45) is 8.60. The number of likely N-dealkylation sites (tertiary alicyclic amines) is 1. The molecule has 0 atom stereocenters. The van der Waals surface area contributed by atoms with E-state index in [0.717, 1.165) is 37.5 Å². The summed E-state index contributed by atoms with van der Waals surface area (Å²) < 4.78 is 0. The van der Waals surface area contributed by atoms with Crippen molar-refractivity contribution in [2.24, 2.45) is 5.73 Å². The van der Waals surface area contributed by atoms with Crippen LogP contribution >= 0.6 is 0 Å². The summed E-state index contributed by atoms with van der Waals surface area (Å²) in [6.45, 7) is 6.22. The molecule has 1 saturated heterocycles. The Morgan fingerprint density at radius 1 is 1.04 bits per heavy atom. The van der Waals surface area contributed by atoms with Crippen LogP contribution in [0.2, 0.25) is 0 Å². The fourth-order valence-electron chi connectivity index (χ4n) is 4.94. The first-order valence-corrected chi connectivity index (χ1v) is 9.77.